The topological polar surface area (TPSA) is 175 Å². The molecule has 2 amide bonds. The zero-order valence-corrected chi connectivity index (χ0v) is 16.2. The highest BCUT2D eigenvalue weighted by Gasteiger charge is 2.26. The maximum absolute atomic E-state index is 12.1. The number of nitrogens with zero attached hydrogens (tertiary/aromatic N) is 1. The highest BCUT2D eigenvalue weighted by molar-refractivity contribution is 5.91. The number of amides is 2. The number of rotatable bonds is 9. The summed E-state index contributed by atoms with van der Waals surface area (Å²) in [5, 5.41) is 5.00. The SMILES string of the molecule is CC(NC(=O)C(N)CCCN=C(N)N)C(=O)NC(C)C(=O)OC(C)(C)C. The smallest absolute Gasteiger partial charge is 0.328 e. The lowest BCUT2D eigenvalue weighted by atomic mass is 10.1. The van der Waals surface area contributed by atoms with Gasteiger partial charge >= 0.3 is 5.97 Å². The first-order chi connectivity index (χ1) is 11.8. The molecule has 0 radical (unpaired) electrons. The third-order valence-electron chi connectivity index (χ3n) is 3.18. The van der Waals surface area contributed by atoms with E-state index in [0.717, 1.165) is 0 Å². The number of hydrogen-bond donors (Lipinski definition) is 5. The zero-order valence-electron chi connectivity index (χ0n) is 16.2. The number of aliphatic imine (C=N–C) groups is 1. The molecule has 0 fully saturated rings. The van der Waals surface area contributed by atoms with Gasteiger partial charge in [0.1, 0.15) is 17.7 Å². The van der Waals surface area contributed by atoms with Gasteiger partial charge in [0.2, 0.25) is 11.8 Å². The van der Waals surface area contributed by atoms with Gasteiger partial charge in [-0.25, -0.2) is 4.79 Å². The molecule has 0 saturated carbocycles. The summed E-state index contributed by atoms with van der Waals surface area (Å²) in [6.45, 7) is 8.58. The van der Waals surface area contributed by atoms with Gasteiger partial charge in [0.25, 0.3) is 0 Å². The van der Waals surface area contributed by atoms with Gasteiger partial charge in [-0.1, -0.05) is 0 Å². The molecule has 0 aromatic rings. The van der Waals surface area contributed by atoms with Gasteiger partial charge in [0, 0.05) is 6.54 Å². The molecule has 0 saturated heterocycles. The third kappa shape index (κ3) is 10.5. The fraction of sp³-hybridized carbons (Fsp3) is 0.750. The summed E-state index contributed by atoms with van der Waals surface area (Å²) >= 11 is 0. The van der Waals surface area contributed by atoms with Gasteiger partial charge in [-0.15, -0.1) is 0 Å². The monoisotopic (exact) mass is 372 g/mol. The van der Waals surface area contributed by atoms with E-state index in [1.807, 2.05) is 0 Å². The van der Waals surface area contributed by atoms with Crippen LogP contribution in [0.15, 0.2) is 4.99 Å². The number of nitrogens with one attached hydrogen (secondary N) is 2. The lowest BCUT2D eigenvalue weighted by Crippen LogP contribution is -2.53. The van der Waals surface area contributed by atoms with Crippen molar-refractivity contribution in [2.45, 2.75) is 71.2 Å². The number of ether oxygens (including phenoxy) is 1. The Bertz CT molecular complexity index is 525. The molecule has 3 atom stereocenters. The van der Waals surface area contributed by atoms with Crippen molar-refractivity contribution in [2.75, 3.05) is 6.54 Å². The molecule has 0 rings (SSSR count). The van der Waals surface area contributed by atoms with Crippen LogP contribution in [0, 0.1) is 0 Å². The van der Waals surface area contributed by atoms with E-state index < -0.39 is 41.5 Å². The van der Waals surface area contributed by atoms with Crippen molar-refractivity contribution in [1.82, 2.24) is 10.6 Å². The number of hydrogen-bond acceptors (Lipinski definition) is 6. The quantitative estimate of drug-likeness (QED) is 0.145. The Balaban J connectivity index is 4.37. The minimum Gasteiger partial charge on any atom is -0.458 e. The first-order valence-corrected chi connectivity index (χ1v) is 8.48. The van der Waals surface area contributed by atoms with Crippen LogP contribution in [0.3, 0.4) is 0 Å². The minimum atomic E-state index is -0.851. The third-order valence-corrected chi connectivity index (χ3v) is 3.18. The van der Waals surface area contributed by atoms with Gasteiger partial charge in [-0.3, -0.25) is 14.6 Å². The van der Waals surface area contributed by atoms with E-state index in [1.54, 1.807) is 20.8 Å². The Morgan fingerprint density at radius 3 is 2.08 bits per heavy atom. The van der Waals surface area contributed by atoms with Crippen molar-refractivity contribution in [3.05, 3.63) is 0 Å². The second-order valence-corrected chi connectivity index (χ2v) is 7.05. The second kappa shape index (κ2) is 10.6. The summed E-state index contributed by atoms with van der Waals surface area (Å²) in [4.78, 5) is 39.8. The molecule has 0 bridgehead atoms. The first kappa shape index (κ1) is 23.6. The van der Waals surface area contributed by atoms with E-state index in [2.05, 4.69) is 15.6 Å². The molecular formula is C16H32N6O4. The molecule has 0 aliphatic carbocycles. The molecule has 0 aliphatic rings. The molecule has 0 heterocycles. The van der Waals surface area contributed by atoms with E-state index in [-0.39, 0.29) is 5.96 Å². The highest BCUT2D eigenvalue weighted by Crippen LogP contribution is 2.08. The molecule has 0 aromatic carbocycles. The van der Waals surface area contributed by atoms with Crippen molar-refractivity contribution >= 4 is 23.7 Å². The van der Waals surface area contributed by atoms with Crippen LogP contribution in [-0.4, -0.2) is 54.0 Å². The van der Waals surface area contributed by atoms with E-state index in [9.17, 15) is 14.4 Å². The van der Waals surface area contributed by atoms with Gasteiger partial charge in [0.05, 0.1) is 6.04 Å². The number of carbonyl (C=O) groups excluding carboxylic acids is 3. The standard InChI is InChI=1S/C16H32N6O4/c1-9(12(23)22-10(2)14(25)26-16(3,4)5)21-13(24)11(17)7-6-8-20-15(18)19/h9-11H,6-8,17H2,1-5H3,(H,21,24)(H,22,23)(H4,18,19,20). The maximum atomic E-state index is 12.1. The number of nitrogens with two attached hydrogens (primary N) is 3. The minimum absolute atomic E-state index is 0.0209. The Kier molecular flexibility index (Phi) is 9.63. The fourth-order valence-electron chi connectivity index (χ4n) is 1.82. The summed E-state index contributed by atoms with van der Waals surface area (Å²) in [5.74, 6) is -1.56. The highest BCUT2D eigenvalue weighted by atomic mass is 16.6. The Hall–Kier alpha value is -2.36. The van der Waals surface area contributed by atoms with E-state index in [1.165, 1.54) is 13.8 Å². The molecular weight excluding hydrogens is 340 g/mol. The average Bonchev–Trinajstić information content (AvgIpc) is 2.48. The predicted molar refractivity (Wildman–Crippen MR) is 98.9 cm³/mol. The Morgan fingerprint density at radius 2 is 1.58 bits per heavy atom. The number of esters is 1. The molecule has 26 heavy (non-hydrogen) atoms. The molecule has 150 valence electrons. The van der Waals surface area contributed by atoms with Crippen molar-refractivity contribution in [1.29, 1.82) is 0 Å². The van der Waals surface area contributed by atoms with Gasteiger partial charge in [-0.05, 0) is 47.5 Å². The number of carbonyl (C=O) groups is 3. The normalized spacial score (nSPS) is 14.5. The fourth-order valence-corrected chi connectivity index (χ4v) is 1.82. The van der Waals surface area contributed by atoms with Gasteiger partial charge in [0.15, 0.2) is 5.96 Å². The van der Waals surface area contributed by atoms with Crippen molar-refractivity contribution in [3.8, 4) is 0 Å². The maximum Gasteiger partial charge on any atom is 0.328 e. The first-order valence-electron chi connectivity index (χ1n) is 8.48. The van der Waals surface area contributed by atoms with E-state index in [0.29, 0.717) is 19.4 Å². The average molecular weight is 372 g/mol. The molecule has 0 aliphatic heterocycles. The molecule has 0 spiro atoms. The van der Waals surface area contributed by atoms with Crippen molar-refractivity contribution < 1.29 is 19.1 Å². The zero-order chi connectivity index (χ0) is 20.5. The summed E-state index contributed by atoms with van der Waals surface area (Å²) in [5.41, 5.74) is 15.5. The van der Waals surface area contributed by atoms with Crippen LogP contribution in [-0.2, 0) is 19.1 Å². The van der Waals surface area contributed by atoms with Crippen LogP contribution in [0.1, 0.15) is 47.5 Å². The van der Waals surface area contributed by atoms with Crippen LogP contribution in [0.4, 0.5) is 0 Å². The molecule has 3 unspecified atom stereocenters. The van der Waals surface area contributed by atoms with Crippen LogP contribution in [0.25, 0.3) is 0 Å². The summed E-state index contributed by atoms with van der Waals surface area (Å²) in [6.07, 6.45) is 0.897. The van der Waals surface area contributed by atoms with Crippen LogP contribution in [0.5, 0.6) is 0 Å². The Morgan fingerprint density at radius 1 is 1.04 bits per heavy atom. The van der Waals surface area contributed by atoms with Gasteiger partial charge < -0.3 is 32.6 Å². The van der Waals surface area contributed by atoms with E-state index in [4.69, 9.17) is 21.9 Å². The largest absolute Gasteiger partial charge is 0.458 e. The Labute approximate surface area is 154 Å². The van der Waals surface area contributed by atoms with E-state index >= 15 is 0 Å². The van der Waals surface area contributed by atoms with Crippen molar-refractivity contribution in [2.24, 2.45) is 22.2 Å². The van der Waals surface area contributed by atoms with Crippen LogP contribution < -0.4 is 27.8 Å². The summed E-state index contributed by atoms with van der Waals surface area (Å²) < 4.78 is 5.18. The lowest BCUT2D eigenvalue weighted by Gasteiger charge is -2.24. The lowest BCUT2D eigenvalue weighted by molar-refractivity contribution is -0.158. The predicted octanol–water partition coefficient (Wildman–Crippen LogP) is -1.28. The summed E-state index contributed by atoms with van der Waals surface area (Å²) in [6, 6.07) is -2.48. The molecule has 10 nitrogen and oxygen atoms in total. The van der Waals surface area contributed by atoms with Crippen molar-refractivity contribution in [3.63, 3.8) is 0 Å². The summed E-state index contributed by atoms with van der Waals surface area (Å²) in [7, 11) is 0. The molecule has 8 N–H and O–H groups in total. The van der Waals surface area contributed by atoms with Crippen LogP contribution >= 0.6 is 0 Å². The second-order valence-electron chi connectivity index (χ2n) is 7.05. The van der Waals surface area contributed by atoms with Gasteiger partial charge in [-0.2, -0.15) is 0 Å². The number of guanidine groups is 1. The van der Waals surface area contributed by atoms with Crippen LogP contribution in [0.2, 0.25) is 0 Å². The molecule has 10 heteroatoms. The molecule has 0 aromatic heterocycles.